The lowest BCUT2D eigenvalue weighted by Gasteiger charge is -2.25. The molecule has 0 fully saturated rings. The standard InChI is InChI=1S/C19H29NO3/c1-14(2)20(13-18(22)23-6)17(21)12-9-15-7-10-16(11-8-15)19(3,4)5/h7-8,10-11,14H,9,12-13H2,1-6H3. The van der Waals surface area contributed by atoms with Crippen LogP contribution < -0.4 is 0 Å². The quantitative estimate of drug-likeness (QED) is 0.756. The van der Waals surface area contributed by atoms with E-state index in [0.29, 0.717) is 12.8 Å². The molecule has 128 valence electrons. The molecule has 0 bridgehead atoms. The number of benzene rings is 1. The summed E-state index contributed by atoms with van der Waals surface area (Å²) in [5, 5.41) is 0. The van der Waals surface area contributed by atoms with Gasteiger partial charge in [-0.3, -0.25) is 9.59 Å². The highest BCUT2D eigenvalue weighted by Gasteiger charge is 2.20. The smallest absolute Gasteiger partial charge is 0.325 e. The van der Waals surface area contributed by atoms with Gasteiger partial charge < -0.3 is 9.64 Å². The molecule has 23 heavy (non-hydrogen) atoms. The third-order valence-corrected chi connectivity index (χ3v) is 3.92. The van der Waals surface area contributed by atoms with Crippen LogP contribution in [0.4, 0.5) is 0 Å². The summed E-state index contributed by atoms with van der Waals surface area (Å²) in [4.78, 5) is 25.3. The van der Waals surface area contributed by atoms with Crippen molar-refractivity contribution >= 4 is 11.9 Å². The van der Waals surface area contributed by atoms with Crippen LogP contribution in [0.5, 0.6) is 0 Å². The second-order valence-electron chi connectivity index (χ2n) is 7.14. The number of carbonyl (C=O) groups excluding carboxylic acids is 2. The highest BCUT2D eigenvalue weighted by Crippen LogP contribution is 2.22. The Labute approximate surface area is 139 Å². The predicted octanol–water partition coefficient (Wildman–Crippen LogP) is 3.33. The first-order valence-electron chi connectivity index (χ1n) is 8.11. The summed E-state index contributed by atoms with van der Waals surface area (Å²) in [6.45, 7) is 10.4. The number of methoxy groups -OCH3 is 1. The van der Waals surface area contributed by atoms with E-state index < -0.39 is 0 Å². The normalized spacial score (nSPS) is 11.4. The van der Waals surface area contributed by atoms with E-state index >= 15 is 0 Å². The molecule has 4 heteroatoms. The maximum atomic E-state index is 12.4. The van der Waals surface area contributed by atoms with Crippen LogP contribution in [0.1, 0.15) is 52.2 Å². The Bertz CT molecular complexity index is 527. The molecule has 0 radical (unpaired) electrons. The Morgan fingerprint density at radius 3 is 2.13 bits per heavy atom. The highest BCUT2D eigenvalue weighted by atomic mass is 16.5. The topological polar surface area (TPSA) is 46.6 Å². The van der Waals surface area contributed by atoms with E-state index in [1.54, 1.807) is 4.90 Å². The van der Waals surface area contributed by atoms with Crippen LogP contribution in [0, 0.1) is 0 Å². The van der Waals surface area contributed by atoms with Gasteiger partial charge in [-0.15, -0.1) is 0 Å². The van der Waals surface area contributed by atoms with Crippen molar-refractivity contribution in [3.8, 4) is 0 Å². The zero-order valence-electron chi connectivity index (χ0n) is 15.2. The third-order valence-electron chi connectivity index (χ3n) is 3.92. The average molecular weight is 319 g/mol. The Morgan fingerprint density at radius 1 is 1.13 bits per heavy atom. The molecule has 0 aromatic heterocycles. The van der Waals surface area contributed by atoms with Crippen LogP contribution in [0.2, 0.25) is 0 Å². The minimum Gasteiger partial charge on any atom is -0.468 e. The summed E-state index contributed by atoms with van der Waals surface area (Å²) in [7, 11) is 1.34. The van der Waals surface area contributed by atoms with Gasteiger partial charge in [0.15, 0.2) is 0 Å². The summed E-state index contributed by atoms with van der Waals surface area (Å²) in [6.07, 6.45) is 1.07. The fourth-order valence-electron chi connectivity index (χ4n) is 2.33. The molecule has 0 heterocycles. The number of carbonyl (C=O) groups is 2. The van der Waals surface area contributed by atoms with Crippen molar-refractivity contribution in [1.29, 1.82) is 0 Å². The first-order chi connectivity index (χ1) is 10.6. The van der Waals surface area contributed by atoms with Crippen molar-refractivity contribution < 1.29 is 14.3 Å². The van der Waals surface area contributed by atoms with E-state index in [-0.39, 0.29) is 29.9 Å². The van der Waals surface area contributed by atoms with Gasteiger partial charge in [0, 0.05) is 12.5 Å². The lowest BCUT2D eigenvalue weighted by molar-refractivity contribution is -0.148. The molecule has 1 rings (SSSR count). The monoisotopic (exact) mass is 319 g/mol. The fraction of sp³-hybridized carbons (Fsp3) is 0.579. The molecule has 0 unspecified atom stereocenters. The zero-order valence-corrected chi connectivity index (χ0v) is 15.2. The second-order valence-corrected chi connectivity index (χ2v) is 7.14. The van der Waals surface area contributed by atoms with Crippen LogP contribution in [0.25, 0.3) is 0 Å². The molecule has 0 N–H and O–H groups in total. The molecule has 0 saturated heterocycles. The van der Waals surface area contributed by atoms with Crippen molar-refractivity contribution in [3.05, 3.63) is 35.4 Å². The second kappa shape index (κ2) is 8.14. The summed E-state index contributed by atoms with van der Waals surface area (Å²) >= 11 is 0. The molecule has 0 spiro atoms. The van der Waals surface area contributed by atoms with E-state index in [9.17, 15) is 9.59 Å². The fourth-order valence-corrected chi connectivity index (χ4v) is 2.33. The molecular formula is C19H29NO3. The molecule has 1 aromatic carbocycles. The number of amides is 1. The van der Waals surface area contributed by atoms with Crippen LogP contribution in [-0.2, 0) is 26.2 Å². The summed E-state index contributed by atoms with van der Waals surface area (Å²) in [5.74, 6) is -0.410. The lowest BCUT2D eigenvalue weighted by atomic mass is 9.86. The zero-order chi connectivity index (χ0) is 17.6. The van der Waals surface area contributed by atoms with Gasteiger partial charge in [-0.2, -0.15) is 0 Å². The molecule has 0 aliphatic carbocycles. The van der Waals surface area contributed by atoms with E-state index in [1.165, 1.54) is 12.7 Å². The number of ether oxygens (including phenoxy) is 1. The molecule has 0 atom stereocenters. The van der Waals surface area contributed by atoms with Gasteiger partial charge in [-0.05, 0) is 36.8 Å². The molecule has 1 amide bonds. The van der Waals surface area contributed by atoms with Gasteiger partial charge in [-0.1, -0.05) is 45.0 Å². The first kappa shape index (κ1) is 19.2. The Kier molecular flexibility index (Phi) is 6.79. The van der Waals surface area contributed by atoms with E-state index in [2.05, 4.69) is 49.8 Å². The van der Waals surface area contributed by atoms with Crippen molar-refractivity contribution in [2.75, 3.05) is 13.7 Å². The maximum absolute atomic E-state index is 12.4. The number of nitrogens with zero attached hydrogens (tertiary/aromatic N) is 1. The number of rotatable bonds is 6. The number of hydrogen-bond donors (Lipinski definition) is 0. The summed E-state index contributed by atoms with van der Waals surface area (Å²) in [6, 6.07) is 8.37. The SMILES string of the molecule is COC(=O)CN(C(=O)CCc1ccc(C(C)(C)C)cc1)C(C)C. The van der Waals surface area contributed by atoms with Crippen LogP contribution in [0.3, 0.4) is 0 Å². The molecular weight excluding hydrogens is 290 g/mol. The molecule has 4 nitrogen and oxygen atoms in total. The minimum absolute atomic E-state index is 0.00988. The first-order valence-corrected chi connectivity index (χ1v) is 8.11. The largest absolute Gasteiger partial charge is 0.468 e. The van der Waals surface area contributed by atoms with Crippen LogP contribution in [0.15, 0.2) is 24.3 Å². The molecule has 0 saturated carbocycles. The number of hydrogen-bond acceptors (Lipinski definition) is 3. The van der Waals surface area contributed by atoms with Gasteiger partial charge >= 0.3 is 5.97 Å². The van der Waals surface area contributed by atoms with Gasteiger partial charge in [-0.25, -0.2) is 0 Å². The maximum Gasteiger partial charge on any atom is 0.325 e. The van der Waals surface area contributed by atoms with Crippen LogP contribution >= 0.6 is 0 Å². The van der Waals surface area contributed by atoms with Crippen molar-refractivity contribution in [2.24, 2.45) is 0 Å². The Hall–Kier alpha value is -1.84. The van der Waals surface area contributed by atoms with E-state index in [4.69, 9.17) is 0 Å². The number of aryl methyl sites for hydroxylation is 1. The lowest BCUT2D eigenvalue weighted by Crippen LogP contribution is -2.41. The summed E-state index contributed by atoms with van der Waals surface area (Å²) in [5.41, 5.74) is 2.54. The Morgan fingerprint density at radius 2 is 1.70 bits per heavy atom. The van der Waals surface area contributed by atoms with Crippen molar-refractivity contribution in [2.45, 2.75) is 58.9 Å². The van der Waals surface area contributed by atoms with E-state index in [1.807, 2.05) is 13.8 Å². The molecule has 1 aromatic rings. The highest BCUT2D eigenvalue weighted by molar-refractivity contribution is 5.82. The summed E-state index contributed by atoms with van der Waals surface area (Å²) < 4.78 is 4.66. The van der Waals surface area contributed by atoms with Crippen LogP contribution in [-0.4, -0.2) is 36.5 Å². The predicted molar refractivity (Wildman–Crippen MR) is 92.3 cm³/mol. The van der Waals surface area contributed by atoms with E-state index in [0.717, 1.165) is 5.56 Å². The Balaban J connectivity index is 2.65. The van der Waals surface area contributed by atoms with Gasteiger partial charge in [0.1, 0.15) is 6.54 Å². The third kappa shape index (κ3) is 6.05. The van der Waals surface area contributed by atoms with Gasteiger partial charge in [0.2, 0.25) is 5.91 Å². The molecule has 0 aliphatic heterocycles. The van der Waals surface area contributed by atoms with Crippen molar-refractivity contribution in [1.82, 2.24) is 4.90 Å². The number of esters is 1. The van der Waals surface area contributed by atoms with Gasteiger partial charge in [0.05, 0.1) is 7.11 Å². The average Bonchev–Trinajstić information content (AvgIpc) is 2.49. The van der Waals surface area contributed by atoms with Crippen molar-refractivity contribution in [3.63, 3.8) is 0 Å². The molecule has 0 aliphatic rings. The minimum atomic E-state index is -0.387. The van der Waals surface area contributed by atoms with Gasteiger partial charge in [0.25, 0.3) is 0 Å².